The molecule has 0 heteroatoms. The molecule has 2 rings (SSSR count). The van der Waals surface area contributed by atoms with Crippen molar-refractivity contribution in [3.63, 3.8) is 0 Å². The van der Waals surface area contributed by atoms with Gasteiger partial charge in [-0.1, -0.05) is 42.5 Å². The Hall–Kier alpha value is -1.04. The van der Waals surface area contributed by atoms with E-state index in [0.717, 1.165) is 0 Å². The van der Waals surface area contributed by atoms with Gasteiger partial charge in [-0.3, -0.25) is 0 Å². The molecule has 0 heterocycles. The fraction of sp³-hybridized carbons (Fsp3) is 0.385. The molecule has 0 N–H and O–H groups in total. The van der Waals surface area contributed by atoms with Crippen molar-refractivity contribution in [2.45, 2.75) is 26.2 Å². The van der Waals surface area contributed by atoms with Crippen molar-refractivity contribution in [3.05, 3.63) is 48.0 Å². The molecule has 1 aliphatic carbocycles. The van der Waals surface area contributed by atoms with Crippen LogP contribution < -0.4 is 0 Å². The summed E-state index contributed by atoms with van der Waals surface area (Å²) in [7, 11) is 0. The number of benzene rings is 1. The molecule has 0 nitrogen and oxygen atoms in total. The van der Waals surface area contributed by atoms with Crippen LogP contribution in [0.2, 0.25) is 0 Å². The van der Waals surface area contributed by atoms with Crippen molar-refractivity contribution < 1.29 is 0 Å². The van der Waals surface area contributed by atoms with Crippen LogP contribution in [0, 0.1) is 5.41 Å². The van der Waals surface area contributed by atoms with Gasteiger partial charge in [-0.15, -0.1) is 0 Å². The average Bonchev–Trinajstić information content (AvgIpc) is 2.87. The monoisotopic (exact) mass is 172 g/mol. The summed E-state index contributed by atoms with van der Waals surface area (Å²) in [5, 5.41) is 0. The lowest BCUT2D eigenvalue weighted by atomic mass is 9.91. The van der Waals surface area contributed by atoms with Crippen molar-refractivity contribution in [2.75, 3.05) is 0 Å². The highest BCUT2D eigenvalue weighted by Gasteiger charge is 2.42. The van der Waals surface area contributed by atoms with E-state index < -0.39 is 0 Å². The highest BCUT2D eigenvalue weighted by atomic mass is 14.5. The minimum absolute atomic E-state index is 0.460. The van der Waals surface area contributed by atoms with Crippen LogP contribution in [0.25, 0.3) is 0 Å². The van der Waals surface area contributed by atoms with Crippen molar-refractivity contribution in [1.29, 1.82) is 0 Å². The Balaban J connectivity index is 2.11. The van der Waals surface area contributed by atoms with E-state index in [1.165, 1.54) is 30.4 Å². The van der Waals surface area contributed by atoms with Crippen LogP contribution in [-0.4, -0.2) is 0 Å². The molecule has 1 aliphatic rings. The lowest BCUT2D eigenvalue weighted by molar-refractivity contribution is 0.606. The van der Waals surface area contributed by atoms with E-state index in [0.29, 0.717) is 5.41 Å². The van der Waals surface area contributed by atoms with Gasteiger partial charge in [-0.2, -0.15) is 0 Å². The first kappa shape index (κ1) is 8.55. The summed E-state index contributed by atoms with van der Waals surface area (Å²) in [6.45, 7) is 6.25. The van der Waals surface area contributed by atoms with E-state index in [-0.39, 0.29) is 0 Å². The van der Waals surface area contributed by atoms with Gasteiger partial charge in [0.2, 0.25) is 0 Å². The number of rotatable bonds is 3. The van der Waals surface area contributed by atoms with E-state index >= 15 is 0 Å². The minimum atomic E-state index is 0.460. The quantitative estimate of drug-likeness (QED) is 0.611. The van der Waals surface area contributed by atoms with Crippen LogP contribution in [0.5, 0.6) is 0 Å². The van der Waals surface area contributed by atoms with Gasteiger partial charge in [-0.25, -0.2) is 0 Å². The summed E-state index contributed by atoms with van der Waals surface area (Å²) in [5.74, 6) is 0. The molecule has 0 bridgehead atoms. The van der Waals surface area contributed by atoms with E-state index in [2.05, 4.69) is 43.8 Å². The first-order valence-corrected chi connectivity index (χ1v) is 4.93. The molecule has 1 aromatic rings. The predicted molar refractivity (Wildman–Crippen MR) is 56.6 cm³/mol. The summed E-state index contributed by atoms with van der Waals surface area (Å²) in [4.78, 5) is 0. The molecule has 0 atom stereocenters. The molecule has 0 unspecified atom stereocenters. The normalized spacial score (nSPS) is 18.2. The van der Waals surface area contributed by atoms with Gasteiger partial charge >= 0.3 is 0 Å². The zero-order valence-electron chi connectivity index (χ0n) is 8.22. The largest absolute Gasteiger partial charge is 0.0996 e. The molecule has 1 saturated carbocycles. The zero-order chi connectivity index (χ0) is 9.31. The third kappa shape index (κ3) is 1.67. The molecule has 68 valence electrons. The number of hydrogen-bond acceptors (Lipinski definition) is 0. The zero-order valence-corrected chi connectivity index (χ0v) is 8.22. The van der Waals surface area contributed by atoms with Crippen LogP contribution >= 0.6 is 0 Å². The molecule has 0 spiro atoms. The summed E-state index contributed by atoms with van der Waals surface area (Å²) < 4.78 is 0. The Morgan fingerprint density at radius 1 is 1.31 bits per heavy atom. The number of hydrogen-bond donors (Lipinski definition) is 0. The Kier molecular flexibility index (Phi) is 1.99. The summed E-state index contributed by atoms with van der Waals surface area (Å²) in [6.07, 6.45) is 3.84. The summed E-state index contributed by atoms with van der Waals surface area (Å²) >= 11 is 0. The molecule has 0 aliphatic heterocycles. The maximum Gasteiger partial charge on any atom is -0.00526 e. The van der Waals surface area contributed by atoms with Crippen molar-refractivity contribution in [1.82, 2.24) is 0 Å². The molecule has 0 amide bonds. The van der Waals surface area contributed by atoms with E-state index in [4.69, 9.17) is 0 Å². The Bertz CT molecular complexity index is 304. The summed E-state index contributed by atoms with van der Waals surface area (Å²) in [5.41, 5.74) is 3.26. The Morgan fingerprint density at radius 3 is 2.38 bits per heavy atom. The first-order valence-electron chi connectivity index (χ1n) is 4.93. The maximum atomic E-state index is 4.09. The maximum absolute atomic E-state index is 4.09. The SMILES string of the molecule is C=C(C)C1(Cc2ccccc2)CC1. The smallest absolute Gasteiger partial charge is 0.00526 e. The molecule has 1 fully saturated rings. The molecule has 0 saturated heterocycles. The van der Waals surface area contributed by atoms with Crippen molar-refractivity contribution >= 4 is 0 Å². The second-order valence-corrected chi connectivity index (χ2v) is 4.22. The van der Waals surface area contributed by atoms with Gasteiger partial charge in [0.25, 0.3) is 0 Å². The van der Waals surface area contributed by atoms with Gasteiger partial charge < -0.3 is 0 Å². The third-order valence-corrected chi connectivity index (χ3v) is 3.14. The Morgan fingerprint density at radius 2 is 1.92 bits per heavy atom. The lowest BCUT2D eigenvalue weighted by Crippen LogP contribution is -2.05. The Labute approximate surface area is 80.3 Å². The van der Waals surface area contributed by atoms with Crippen molar-refractivity contribution in [2.24, 2.45) is 5.41 Å². The first-order chi connectivity index (χ1) is 6.23. The fourth-order valence-corrected chi connectivity index (χ4v) is 1.89. The van der Waals surface area contributed by atoms with Gasteiger partial charge in [0.1, 0.15) is 0 Å². The topological polar surface area (TPSA) is 0 Å². The number of allylic oxidation sites excluding steroid dienone is 1. The van der Waals surface area contributed by atoms with Crippen LogP contribution in [0.3, 0.4) is 0 Å². The molecule has 0 radical (unpaired) electrons. The van der Waals surface area contributed by atoms with Crippen LogP contribution in [0.4, 0.5) is 0 Å². The van der Waals surface area contributed by atoms with Gasteiger partial charge in [-0.05, 0) is 37.2 Å². The third-order valence-electron chi connectivity index (χ3n) is 3.14. The van der Waals surface area contributed by atoms with Crippen LogP contribution in [0.15, 0.2) is 42.5 Å². The highest BCUT2D eigenvalue weighted by Crippen LogP contribution is 2.53. The minimum Gasteiger partial charge on any atom is -0.0996 e. The molecule has 0 aromatic heterocycles. The average molecular weight is 172 g/mol. The van der Waals surface area contributed by atoms with Gasteiger partial charge in [0, 0.05) is 0 Å². The molecule has 1 aromatic carbocycles. The highest BCUT2D eigenvalue weighted by molar-refractivity contribution is 5.25. The van der Waals surface area contributed by atoms with E-state index in [1.807, 2.05) is 0 Å². The summed E-state index contributed by atoms with van der Waals surface area (Å²) in [6, 6.07) is 10.7. The van der Waals surface area contributed by atoms with Gasteiger partial charge in [0.15, 0.2) is 0 Å². The molecular formula is C13H16. The van der Waals surface area contributed by atoms with Gasteiger partial charge in [0.05, 0.1) is 0 Å². The molecule has 13 heavy (non-hydrogen) atoms. The van der Waals surface area contributed by atoms with Crippen LogP contribution in [-0.2, 0) is 6.42 Å². The predicted octanol–water partition coefficient (Wildman–Crippen LogP) is 3.59. The van der Waals surface area contributed by atoms with E-state index in [1.54, 1.807) is 0 Å². The second kappa shape index (κ2) is 3.02. The standard InChI is InChI=1S/C13H16/c1-11(2)13(8-9-13)10-12-6-4-3-5-7-12/h3-7H,1,8-10H2,2H3. The van der Waals surface area contributed by atoms with E-state index in [9.17, 15) is 0 Å². The lowest BCUT2D eigenvalue weighted by Gasteiger charge is -2.14. The fourth-order valence-electron chi connectivity index (χ4n) is 1.89. The second-order valence-electron chi connectivity index (χ2n) is 4.22. The van der Waals surface area contributed by atoms with Crippen LogP contribution in [0.1, 0.15) is 25.3 Å². The molecular weight excluding hydrogens is 156 g/mol. The van der Waals surface area contributed by atoms with Crippen molar-refractivity contribution in [3.8, 4) is 0 Å².